The molecule has 6 aromatic rings. The van der Waals surface area contributed by atoms with Gasteiger partial charge in [-0.3, -0.25) is 0 Å². The smallest absolute Gasteiger partial charge is 0.0181 e. The summed E-state index contributed by atoms with van der Waals surface area (Å²) in [5.74, 6) is 0. The fraction of sp³-hybridized carbons (Fsp3) is 0.111. The molecule has 0 saturated carbocycles. The maximum atomic E-state index is 3.81. The third kappa shape index (κ3) is 3.41. The van der Waals surface area contributed by atoms with Crippen LogP contribution in [0.4, 0.5) is 0 Å². The van der Waals surface area contributed by atoms with Crippen molar-refractivity contribution in [3.63, 3.8) is 0 Å². The van der Waals surface area contributed by atoms with Crippen molar-refractivity contribution >= 4 is 37.5 Å². The van der Waals surface area contributed by atoms with Gasteiger partial charge in [-0.15, -0.1) is 0 Å². The van der Waals surface area contributed by atoms with Crippen LogP contribution in [0.5, 0.6) is 0 Å². The number of benzene rings is 6. The largest absolute Gasteiger partial charge is 0.0610 e. The van der Waals surface area contributed by atoms with Crippen molar-refractivity contribution in [3.8, 4) is 44.5 Å². The van der Waals surface area contributed by atoms with E-state index in [-0.39, 0.29) is 0 Å². The molecule has 1 heteroatoms. The minimum Gasteiger partial charge on any atom is -0.0610 e. The molecule has 0 aliphatic heterocycles. The molecule has 37 heavy (non-hydrogen) atoms. The van der Waals surface area contributed by atoms with Crippen LogP contribution >= 0.6 is 15.9 Å². The lowest BCUT2D eigenvalue weighted by atomic mass is 9.81. The first-order valence-electron chi connectivity index (χ1n) is 12.9. The summed E-state index contributed by atoms with van der Waals surface area (Å²) in [5, 5.41) is 5.25. The molecule has 0 saturated heterocycles. The number of aryl methyl sites for hydroxylation is 4. The van der Waals surface area contributed by atoms with E-state index < -0.39 is 0 Å². The summed E-state index contributed by atoms with van der Waals surface area (Å²) in [6, 6.07) is 34.3. The zero-order valence-electron chi connectivity index (χ0n) is 21.5. The second kappa shape index (κ2) is 8.16. The molecular weight excluding hydrogens is 512 g/mol. The van der Waals surface area contributed by atoms with Gasteiger partial charge in [-0.05, 0) is 106 Å². The average Bonchev–Trinajstić information content (AvgIpc) is 3.17. The van der Waals surface area contributed by atoms with Gasteiger partial charge < -0.3 is 0 Å². The van der Waals surface area contributed by atoms with Crippen molar-refractivity contribution in [2.75, 3.05) is 0 Å². The van der Waals surface area contributed by atoms with Crippen LogP contribution < -0.4 is 0 Å². The van der Waals surface area contributed by atoms with E-state index in [1.54, 1.807) is 0 Å². The molecule has 1 aliphatic rings. The molecule has 0 unspecified atom stereocenters. The second-order valence-corrected chi connectivity index (χ2v) is 11.6. The molecule has 7 rings (SSSR count). The molecule has 0 N–H and O–H groups in total. The Morgan fingerprint density at radius 2 is 0.946 bits per heavy atom. The lowest BCUT2D eigenvalue weighted by Crippen LogP contribution is -1.95. The topological polar surface area (TPSA) is 0 Å². The van der Waals surface area contributed by atoms with Crippen LogP contribution in [0.2, 0.25) is 0 Å². The fourth-order valence-corrected chi connectivity index (χ4v) is 6.96. The molecule has 6 aromatic carbocycles. The van der Waals surface area contributed by atoms with Crippen LogP contribution in [-0.2, 0) is 0 Å². The lowest BCUT2D eigenvalue weighted by Gasteiger charge is -2.21. The Morgan fingerprint density at radius 1 is 0.459 bits per heavy atom. The summed E-state index contributed by atoms with van der Waals surface area (Å²) in [5.41, 5.74) is 15.8. The molecule has 0 fully saturated rings. The third-order valence-corrected chi connectivity index (χ3v) is 8.23. The molecule has 0 heterocycles. The molecule has 0 amide bonds. The highest BCUT2D eigenvalue weighted by atomic mass is 79.9. The van der Waals surface area contributed by atoms with Crippen LogP contribution in [0, 0.1) is 27.7 Å². The Kier molecular flexibility index (Phi) is 4.97. The highest BCUT2D eigenvalue weighted by Gasteiger charge is 2.30. The summed E-state index contributed by atoms with van der Waals surface area (Å²) in [7, 11) is 0. The monoisotopic (exact) mass is 538 g/mol. The van der Waals surface area contributed by atoms with Crippen LogP contribution in [0.15, 0.2) is 95.5 Å². The maximum absolute atomic E-state index is 3.81. The van der Waals surface area contributed by atoms with E-state index in [1.807, 2.05) is 0 Å². The SMILES string of the molecule is Cc1cc(C)cc(-c2c3c(c(-c4cc(C)cc(C)c4)c4cc(Br)ccc24)-c2cccc4cccc-3c24)c1. The van der Waals surface area contributed by atoms with Crippen LogP contribution in [0.1, 0.15) is 22.3 Å². The predicted molar refractivity (Wildman–Crippen MR) is 163 cm³/mol. The number of rotatable bonds is 2. The van der Waals surface area contributed by atoms with Gasteiger partial charge >= 0.3 is 0 Å². The fourth-order valence-electron chi connectivity index (χ4n) is 6.59. The Bertz CT molecular complexity index is 1880. The number of hydrogen-bond acceptors (Lipinski definition) is 0. The Morgan fingerprint density at radius 3 is 1.46 bits per heavy atom. The van der Waals surface area contributed by atoms with Gasteiger partial charge in [0, 0.05) is 4.47 Å². The predicted octanol–water partition coefficient (Wildman–Crippen LogP) is 11.0. The lowest BCUT2D eigenvalue weighted by molar-refractivity contribution is 1.38. The van der Waals surface area contributed by atoms with Crippen molar-refractivity contribution in [2.45, 2.75) is 27.7 Å². The van der Waals surface area contributed by atoms with Gasteiger partial charge in [-0.1, -0.05) is 117 Å². The Hall–Kier alpha value is -3.68. The van der Waals surface area contributed by atoms with Crippen molar-refractivity contribution < 1.29 is 0 Å². The Labute approximate surface area is 226 Å². The number of hydrogen-bond donors (Lipinski definition) is 0. The molecule has 0 radical (unpaired) electrons. The molecule has 178 valence electrons. The molecular formula is C36H27Br. The van der Waals surface area contributed by atoms with E-state index in [9.17, 15) is 0 Å². The van der Waals surface area contributed by atoms with E-state index in [0.717, 1.165) is 4.47 Å². The van der Waals surface area contributed by atoms with Crippen molar-refractivity contribution in [1.29, 1.82) is 0 Å². The van der Waals surface area contributed by atoms with Gasteiger partial charge in [0.25, 0.3) is 0 Å². The zero-order valence-corrected chi connectivity index (χ0v) is 23.1. The molecule has 0 spiro atoms. The zero-order chi connectivity index (χ0) is 25.4. The van der Waals surface area contributed by atoms with E-state index in [1.165, 1.54) is 88.3 Å². The van der Waals surface area contributed by atoms with Gasteiger partial charge in [0.15, 0.2) is 0 Å². The van der Waals surface area contributed by atoms with Gasteiger partial charge in [-0.25, -0.2) is 0 Å². The van der Waals surface area contributed by atoms with E-state index in [2.05, 4.69) is 135 Å². The molecule has 0 aromatic heterocycles. The van der Waals surface area contributed by atoms with E-state index >= 15 is 0 Å². The minimum atomic E-state index is 1.10. The first-order valence-corrected chi connectivity index (χ1v) is 13.7. The number of halogens is 1. The van der Waals surface area contributed by atoms with Crippen molar-refractivity contribution in [3.05, 3.63) is 118 Å². The van der Waals surface area contributed by atoms with Gasteiger partial charge in [0.2, 0.25) is 0 Å². The highest BCUT2D eigenvalue weighted by molar-refractivity contribution is 9.10. The Balaban J connectivity index is 1.77. The summed E-state index contributed by atoms with van der Waals surface area (Å²) in [6.45, 7) is 8.81. The third-order valence-electron chi connectivity index (χ3n) is 7.73. The quantitative estimate of drug-likeness (QED) is 0.205. The van der Waals surface area contributed by atoms with Crippen molar-refractivity contribution in [1.82, 2.24) is 0 Å². The average molecular weight is 540 g/mol. The van der Waals surface area contributed by atoms with Crippen LogP contribution in [0.3, 0.4) is 0 Å². The molecule has 0 nitrogen and oxygen atoms in total. The van der Waals surface area contributed by atoms with E-state index in [4.69, 9.17) is 0 Å². The van der Waals surface area contributed by atoms with Crippen LogP contribution in [-0.4, -0.2) is 0 Å². The second-order valence-electron chi connectivity index (χ2n) is 10.7. The van der Waals surface area contributed by atoms with Gasteiger partial charge in [-0.2, -0.15) is 0 Å². The standard InChI is InChI=1S/C36H27Br/c1-20-13-21(2)16-25(15-20)33-28-12-11-27(37)19-31(28)34(26-17-22(3)14-23(4)18-26)36-30-10-6-8-24-7-5-9-29(32(24)30)35(33)36/h5-19H,1-4H3. The summed E-state index contributed by atoms with van der Waals surface area (Å²) in [4.78, 5) is 0. The molecule has 0 bridgehead atoms. The summed E-state index contributed by atoms with van der Waals surface area (Å²) in [6.07, 6.45) is 0. The van der Waals surface area contributed by atoms with Gasteiger partial charge in [0.05, 0.1) is 0 Å². The maximum Gasteiger partial charge on any atom is 0.0181 e. The first-order chi connectivity index (χ1) is 17.9. The van der Waals surface area contributed by atoms with E-state index in [0.29, 0.717) is 0 Å². The van der Waals surface area contributed by atoms with Crippen molar-refractivity contribution in [2.24, 2.45) is 0 Å². The van der Waals surface area contributed by atoms with Crippen LogP contribution in [0.25, 0.3) is 66.1 Å². The minimum absolute atomic E-state index is 1.10. The normalized spacial score (nSPS) is 11.9. The first kappa shape index (κ1) is 22.5. The summed E-state index contributed by atoms with van der Waals surface area (Å²) < 4.78 is 1.10. The number of fused-ring (bicyclic) bond motifs is 4. The summed E-state index contributed by atoms with van der Waals surface area (Å²) >= 11 is 3.81. The highest BCUT2D eigenvalue weighted by Crippen LogP contribution is 2.57. The van der Waals surface area contributed by atoms with Gasteiger partial charge in [0.1, 0.15) is 0 Å². The molecule has 0 atom stereocenters. The molecule has 1 aliphatic carbocycles.